The summed E-state index contributed by atoms with van der Waals surface area (Å²) >= 11 is 11.9. The quantitative estimate of drug-likeness (QED) is 0.0552. The van der Waals surface area contributed by atoms with Crippen LogP contribution in [0.1, 0.15) is 44.8 Å². The molecule has 4 heterocycles. The van der Waals surface area contributed by atoms with Crippen LogP contribution in [0.25, 0.3) is 10.9 Å². The van der Waals surface area contributed by atoms with Crippen LogP contribution < -0.4 is 31.9 Å². The monoisotopic (exact) mass is 735 g/mol. The number of benzene rings is 1. The minimum absolute atomic E-state index is 0.0323. The summed E-state index contributed by atoms with van der Waals surface area (Å²) in [5.41, 5.74) is 7.76. The maximum absolute atomic E-state index is 13.4. The molecule has 1 aromatic carbocycles. The fraction of sp³-hybridized carbons (Fsp3) is 0.294. The number of carbonyl (C=O) groups excluding carboxylic acids is 4. The molecule has 0 saturated carbocycles. The van der Waals surface area contributed by atoms with Crippen molar-refractivity contribution in [2.75, 3.05) is 46.9 Å². The van der Waals surface area contributed by atoms with E-state index in [0.29, 0.717) is 53.3 Å². The number of hydrogen-bond acceptors (Lipinski definition) is 7. The summed E-state index contributed by atoms with van der Waals surface area (Å²) in [7, 11) is 3.33. The van der Waals surface area contributed by atoms with Crippen molar-refractivity contribution in [2.45, 2.75) is 18.9 Å². The molecule has 0 radical (unpaired) electrons. The lowest BCUT2D eigenvalue weighted by Gasteiger charge is -2.22. The van der Waals surface area contributed by atoms with Crippen molar-refractivity contribution >= 4 is 86.8 Å². The number of nitrogens with two attached hydrogens (primary N) is 1. The molecule has 1 atom stereocenters. The Morgan fingerprint density at radius 3 is 2.22 bits per heavy atom. The number of nitrogens with one attached hydrogen (secondary N) is 6. The first-order valence-electron chi connectivity index (χ1n) is 16.0. The number of anilines is 3. The second-order valence-electron chi connectivity index (χ2n) is 12.2. The van der Waals surface area contributed by atoms with Crippen molar-refractivity contribution in [3.63, 3.8) is 0 Å². The van der Waals surface area contributed by atoms with Crippen LogP contribution in [-0.2, 0) is 18.9 Å². The van der Waals surface area contributed by atoms with Gasteiger partial charge < -0.3 is 46.0 Å². The van der Waals surface area contributed by atoms with Crippen molar-refractivity contribution in [3.8, 4) is 0 Å². The molecule has 1 unspecified atom stereocenters. The van der Waals surface area contributed by atoms with E-state index in [4.69, 9.17) is 34.3 Å². The Balaban J connectivity index is 1.20. The van der Waals surface area contributed by atoms with E-state index in [0.717, 1.165) is 16.6 Å². The maximum Gasteiger partial charge on any atom is 0.272 e. The highest BCUT2D eigenvalue weighted by Gasteiger charge is 2.34. The van der Waals surface area contributed by atoms with E-state index in [2.05, 4.69) is 36.1 Å². The van der Waals surface area contributed by atoms with Gasteiger partial charge in [0.25, 0.3) is 23.6 Å². The van der Waals surface area contributed by atoms with Gasteiger partial charge >= 0.3 is 0 Å². The Labute approximate surface area is 303 Å². The van der Waals surface area contributed by atoms with Crippen molar-refractivity contribution in [2.24, 2.45) is 24.8 Å². The van der Waals surface area contributed by atoms with Crippen LogP contribution in [0.4, 0.5) is 17.1 Å². The van der Waals surface area contributed by atoms with Gasteiger partial charge in [0, 0.05) is 87.1 Å². The number of hydrogen-bond donors (Lipinski definition) is 7. The number of amides is 4. The first kappa shape index (κ1) is 36.7. The lowest BCUT2D eigenvalue weighted by molar-refractivity contribution is -0.119. The molecule has 8 N–H and O–H groups in total. The molecule has 17 heteroatoms. The third-order valence-electron chi connectivity index (χ3n) is 8.22. The highest BCUT2D eigenvalue weighted by Crippen LogP contribution is 2.26. The van der Waals surface area contributed by atoms with Crippen LogP contribution in [0.3, 0.4) is 0 Å². The van der Waals surface area contributed by atoms with E-state index >= 15 is 0 Å². The number of allylic oxidation sites excluding steroid dienone is 1. The Hall–Kier alpha value is -5.54. The lowest BCUT2D eigenvalue weighted by atomic mass is 10.0. The molecule has 5 rings (SSSR count). The van der Waals surface area contributed by atoms with Gasteiger partial charge in [0.15, 0.2) is 5.54 Å². The number of amidine groups is 1. The molecule has 3 aromatic heterocycles. The molecule has 1 aliphatic heterocycles. The van der Waals surface area contributed by atoms with Gasteiger partial charge in [-0.3, -0.25) is 29.6 Å². The second kappa shape index (κ2) is 15.6. The molecule has 15 nitrogen and oxygen atoms in total. The molecule has 1 aliphatic rings. The number of aryl methyl sites for hydroxylation is 2. The number of rotatable bonds is 15. The number of aromatic nitrogens is 3. The molecule has 268 valence electrons. The summed E-state index contributed by atoms with van der Waals surface area (Å²) < 4.78 is 3.13. The summed E-state index contributed by atoms with van der Waals surface area (Å²) in [5, 5.41) is 19.2. The standard InChI is InChI=1S/C34H39Cl2N11O4/c1-34(16-23(17-40-34)42-30(48)26-13-20-12-24(4-5-25(20)44-26)47(10-7-35)11-8-36)33(51)43-22-15-28(46(3)19-22)32(50)41-21-14-27(45(2)18-21)31(49)39-9-6-29(37)38/h4-5,12-19,44H,6-11H2,1-3H3,(H3,37,38)(H,39,49)(H,41,50)(H,42,48)(H,43,51). The number of carbonyl (C=O) groups is 4. The number of fused-ring (bicyclic) bond motifs is 1. The molecule has 4 amide bonds. The Morgan fingerprint density at radius 2 is 1.57 bits per heavy atom. The van der Waals surface area contributed by atoms with Crippen LogP contribution in [0.2, 0.25) is 0 Å². The number of alkyl halides is 2. The molecule has 4 aromatic rings. The van der Waals surface area contributed by atoms with E-state index in [-0.39, 0.29) is 30.4 Å². The minimum atomic E-state index is -1.32. The van der Waals surface area contributed by atoms with Crippen molar-refractivity contribution in [1.29, 1.82) is 5.41 Å². The largest absolute Gasteiger partial charge is 0.388 e. The second-order valence-corrected chi connectivity index (χ2v) is 12.9. The van der Waals surface area contributed by atoms with Crippen molar-refractivity contribution < 1.29 is 19.2 Å². The average molecular weight is 737 g/mol. The summed E-state index contributed by atoms with van der Waals surface area (Å²) in [5.74, 6) is -0.820. The molecule has 0 saturated heterocycles. The van der Waals surface area contributed by atoms with Gasteiger partial charge in [-0.1, -0.05) is 0 Å². The fourth-order valence-corrected chi connectivity index (χ4v) is 5.96. The van der Waals surface area contributed by atoms with E-state index in [1.807, 2.05) is 18.2 Å². The number of aliphatic imine (C=N–C) groups is 1. The van der Waals surface area contributed by atoms with Crippen LogP contribution in [0.5, 0.6) is 0 Å². The molecular weight excluding hydrogens is 697 g/mol. The van der Waals surface area contributed by atoms with Crippen LogP contribution in [-0.4, -0.2) is 86.7 Å². The molecule has 51 heavy (non-hydrogen) atoms. The number of nitrogens with zero attached hydrogens (tertiary/aromatic N) is 4. The molecule has 0 fully saturated rings. The molecule has 0 bridgehead atoms. The van der Waals surface area contributed by atoms with Gasteiger partial charge in [-0.05, 0) is 49.4 Å². The topological polar surface area (TPSA) is 208 Å². The van der Waals surface area contributed by atoms with Gasteiger partial charge in [0.05, 0.1) is 22.9 Å². The van der Waals surface area contributed by atoms with E-state index < -0.39 is 23.3 Å². The predicted octanol–water partition coefficient (Wildman–Crippen LogP) is 3.53. The Kier molecular flexibility index (Phi) is 11.2. The predicted molar refractivity (Wildman–Crippen MR) is 201 cm³/mol. The van der Waals surface area contributed by atoms with Gasteiger partial charge in [0.1, 0.15) is 17.1 Å². The zero-order valence-electron chi connectivity index (χ0n) is 28.3. The zero-order valence-corrected chi connectivity index (χ0v) is 29.8. The van der Waals surface area contributed by atoms with Crippen molar-refractivity contribution in [1.82, 2.24) is 24.8 Å². The molecule has 0 spiro atoms. The van der Waals surface area contributed by atoms with Gasteiger partial charge in [-0.15, -0.1) is 23.2 Å². The number of halogens is 2. The lowest BCUT2D eigenvalue weighted by Crippen LogP contribution is -2.35. The third kappa shape index (κ3) is 8.61. The highest BCUT2D eigenvalue weighted by atomic mass is 35.5. The first-order valence-corrected chi connectivity index (χ1v) is 17.0. The van der Waals surface area contributed by atoms with Gasteiger partial charge in [-0.25, -0.2) is 0 Å². The molecule has 0 aliphatic carbocycles. The Bertz CT molecular complexity index is 2050. The third-order valence-corrected chi connectivity index (χ3v) is 8.56. The van der Waals surface area contributed by atoms with E-state index in [1.165, 1.54) is 18.3 Å². The molecular formula is C34H39Cl2N11O4. The smallest absolute Gasteiger partial charge is 0.272 e. The summed E-state index contributed by atoms with van der Waals surface area (Å²) in [6.07, 6.45) is 6.39. The van der Waals surface area contributed by atoms with Crippen LogP contribution in [0.15, 0.2) is 65.6 Å². The maximum atomic E-state index is 13.4. The van der Waals surface area contributed by atoms with Crippen LogP contribution in [0, 0.1) is 5.41 Å². The number of H-pyrrole nitrogens is 1. The first-order chi connectivity index (χ1) is 24.3. The Morgan fingerprint density at radius 1 is 0.922 bits per heavy atom. The summed E-state index contributed by atoms with van der Waals surface area (Å²) in [6.45, 7) is 3.10. The highest BCUT2D eigenvalue weighted by molar-refractivity contribution is 6.18. The zero-order chi connectivity index (χ0) is 36.9. The summed E-state index contributed by atoms with van der Waals surface area (Å²) in [6, 6.07) is 10.6. The van der Waals surface area contributed by atoms with E-state index in [1.54, 1.807) is 54.7 Å². The van der Waals surface area contributed by atoms with Gasteiger partial charge in [-0.2, -0.15) is 0 Å². The van der Waals surface area contributed by atoms with E-state index in [9.17, 15) is 19.2 Å². The SMILES string of the molecule is Cn1cc(NC(=O)c2cc(NC(=O)C3(C)C=C(NC(=O)c4cc5cc(N(CCCl)CCCl)ccc5[nH]4)C=N3)cn2C)cc1C(=O)NCCC(=N)N. The van der Waals surface area contributed by atoms with Crippen molar-refractivity contribution in [3.05, 3.63) is 77.6 Å². The van der Waals surface area contributed by atoms with Crippen LogP contribution >= 0.6 is 23.2 Å². The van der Waals surface area contributed by atoms with Gasteiger partial charge in [0.2, 0.25) is 0 Å². The average Bonchev–Trinajstić information content (AvgIpc) is 3.86. The normalized spacial score (nSPS) is 15.0. The number of aromatic amines is 1. The fourth-order valence-electron chi connectivity index (χ4n) is 5.56. The summed E-state index contributed by atoms with van der Waals surface area (Å²) in [4.78, 5) is 61.7. The minimum Gasteiger partial charge on any atom is -0.388 e.